The summed E-state index contributed by atoms with van der Waals surface area (Å²) < 4.78 is 44.2. The number of rotatable bonds is 5. The van der Waals surface area contributed by atoms with Gasteiger partial charge in [-0.05, 0) is 29.3 Å². The van der Waals surface area contributed by atoms with E-state index in [0.717, 1.165) is 34.2 Å². The largest absolute Gasteiger partial charge is 0.416 e. The highest BCUT2D eigenvalue weighted by Gasteiger charge is 2.30. The molecule has 3 aromatic rings. The molecular weight excluding hydrogens is 381 g/mol. The van der Waals surface area contributed by atoms with E-state index in [0.29, 0.717) is 6.54 Å². The van der Waals surface area contributed by atoms with E-state index >= 15 is 0 Å². The molecule has 0 aliphatic heterocycles. The number of alkyl halides is 3. The first-order valence-electron chi connectivity index (χ1n) is 8.10. The van der Waals surface area contributed by atoms with Crippen LogP contribution in [-0.2, 0) is 28.2 Å². The summed E-state index contributed by atoms with van der Waals surface area (Å²) in [5.74, 6) is -0.726. The fourth-order valence-corrected chi connectivity index (χ4v) is 3.10. The van der Waals surface area contributed by atoms with Crippen molar-refractivity contribution in [3.63, 3.8) is 0 Å². The normalized spacial score (nSPS) is 12.9. The van der Waals surface area contributed by atoms with Crippen molar-refractivity contribution in [3.05, 3.63) is 71.4 Å². The van der Waals surface area contributed by atoms with Crippen molar-refractivity contribution >= 4 is 28.7 Å². The molecule has 0 saturated heterocycles. The van der Waals surface area contributed by atoms with Crippen LogP contribution in [-0.4, -0.2) is 16.6 Å². The number of para-hydroxylation sites is 1. The molecule has 0 spiro atoms. The van der Waals surface area contributed by atoms with Crippen molar-refractivity contribution < 1.29 is 22.3 Å². The van der Waals surface area contributed by atoms with Gasteiger partial charge in [0.05, 0.1) is 5.56 Å². The number of halogens is 4. The van der Waals surface area contributed by atoms with Crippen molar-refractivity contribution in [1.29, 1.82) is 0 Å². The maximum absolute atomic E-state index is 12.7. The monoisotopic (exact) mass is 396 g/mol. The van der Waals surface area contributed by atoms with E-state index in [2.05, 4.69) is 4.29 Å². The number of carbonyl (C=O) groups excluding carboxylic acids is 1. The highest BCUT2D eigenvalue weighted by atomic mass is 35.5. The summed E-state index contributed by atoms with van der Waals surface area (Å²) in [7, 11) is 0. The molecule has 0 aliphatic rings. The fraction of sp³-hybridized carbons (Fsp3) is 0.211. The summed E-state index contributed by atoms with van der Waals surface area (Å²) in [6, 6.07) is 11.6. The number of benzene rings is 2. The van der Waals surface area contributed by atoms with Gasteiger partial charge in [0.25, 0.3) is 0 Å². The molecule has 3 rings (SSSR count). The van der Waals surface area contributed by atoms with Crippen LogP contribution in [0.2, 0.25) is 0 Å². The van der Waals surface area contributed by atoms with Gasteiger partial charge in [0.15, 0.2) is 0 Å². The molecule has 0 bridgehead atoms. The van der Waals surface area contributed by atoms with Crippen molar-refractivity contribution in [3.8, 4) is 0 Å². The maximum Gasteiger partial charge on any atom is 0.416 e. The van der Waals surface area contributed by atoms with Crippen LogP contribution in [0.1, 0.15) is 16.7 Å². The van der Waals surface area contributed by atoms with Gasteiger partial charge in [0, 0.05) is 30.1 Å². The van der Waals surface area contributed by atoms with Crippen molar-refractivity contribution in [2.45, 2.75) is 25.2 Å². The first kappa shape index (κ1) is 19.3. The van der Waals surface area contributed by atoms with Crippen LogP contribution in [0, 0.1) is 0 Å². The molecule has 1 heterocycles. The van der Waals surface area contributed by atoms with Crippen molar-refractivity contribution in [1.82, 2.24) is 4.57 Å². The van der Waals surface area contributed by atoms with Gasteiger partial charge in [0.2, 0.25) is 0 Å². The summed E-state index contributed by atoms with van der Waals surface area (Å²) in [6.45, 7) is 0.383. The third-order valence-electron chi connectivity index (χ3n) is 4.32. The molecule has 4 nitrogen and oxygen atoms in total. The fourth-order valence-electron chi connectivity index (χ4n) is 2.99. The average Bonchev–Trinajstić information content (AvgIpc) is 2.98. The number of nitrogens with zero attached hydrogens (tertiary/aromatic N) is 1. The van der Waals surface area contributed by atoms with E-state index in [1.165, 1.54) is 12.1 Å². The molecule has 0 unspecified atom stereocenters. The van der Waals surface area contributed by atoms with Gasteiger partial charge in [-0.1, -0.05) is 30.3 Å². The third kappa shape index (κ3) is 4.26. The Hall–Kier alpha value is -2.51. The molecule has 2 aromatic carbocycles. The summed E-state index contributed by atoms with van der Waals surface area (Å²) in [5.41, 5.74) is 7.55. The number of fused-ring (bicyclic) bond motifs is 1. The van der Waals surface area contributed by atoms with Crippen LogP contribution in [0.5, 0.6) is 0 Å². The second-order valence-electron chi connectivity index (χ2n) is 6.20. The molecule has 0 amide bonds. The van der Waals surface area contributed by atoms with E-state index in [1.807, 2.05) is 35.0 Å². The zero-order chi connectivity index (χ0) is 19.6. The van der Waals surface area contributed by atoms with Gasteiger partial charge >= 0.3 is 12.1 Å². The van der Waals surface area contributed by atoms with Crippen LogP contribution < -0.4 is 5.73 Å². The van der Waals surface area contributed by atoms with E-state index in [4.69, 9.17) is 17.6 Å². The zero-order valence-electron chi connectivity index (χ0n) is 14.0. The lowest BCUT2D eigenvalue weighted by Crippen LogP contribution is -2.32. The molecule has 0 saturated carbocycles. The molecule has 27 heavy (non-hydrogen) atoms. The lowest BCUT2D eigenvalue weighted by Gasteiger charge is -2.09. The summed E-state index contributed by atoms with van der Waals surface area (Å²) in [5, 5.41) is 0.905. The molecule has 0 aliphatic carbocycles. The number of nitrogens with two attached hydrogens (primary N) is 1. The van der Waals surface area contributed by atoms with Crippen LogP contribution in [0.4, 0.5) is 13.2 Å². The quantitative estimate of drug-likeness (QED) is 0.700. The van der Waals surface area contributed by atoms with Gasteiger partial charge in [-0.25, -0.2) is 4.79 Å². The maximum atomic E-state index is 12.7. The predicted molar refractivity (Wildman–Crippen MR) is 96.1 cm³/mol. The summed E-state index contributed by atoms with van der Waals surface area (Å²) >= 11 is 5.07. The Balaban J connectivity index is 1.90. The smallest absolute Gasteiger partial charge is 0.346 e. The standard InChI is InChI=1S/C19H16ClF3N2O2/c20-27-18(26)16(24)9-13-11-25(17-4-2-1-3-15(13)17)10-12-5-7-14(8-6-12)19(21,22)23/h1-8,11,16H,9-10,24H2/t16-/m0/s1. The molecule has 2 N–H and O–H groups in total. The minimum atomic E-state index is -4.36. The lowest BCUT2D eigenvalue weighted by atomic mass is 10.1. The Morgan fingerprint density at radius 1 is 1.15 bits per heavy atom. The van der Waals surface area contributed by atoms with Gasteiger partial charge in [-0.2, -0.15) is 13.2 Å². The Kier molecular flexibility index (Phi) is 5.43. The van der Waals surface area contributed by atoms with E-state index < -0.39 is 23.8 Å². The molecule has 1 aromatic heterocycles. The second kappa shape index (κ2) is 7.62. The number of aromatic nitrogens is 1. The van der Waals surface area contributed by atoms with Gasteiger partial charge < -0.3 is 14.6 Å². The Labute approximate surface area is 158 Å². The average molecular weight is 397 g/mol. The second-order valence-corrected chi connectivity index (χ2v) is 6.36. The Morgan fingerprint density at radius 2 is 1.81 bits per heavy atom. The van der Waals surface area contributed by atoms with Crippen LogP contribution in [0.25, 0.3) is 10.9 Å². The van der Waals surface area contributed by atoms with Crippen LogP contribution in [0.3, 0.4) is 0 Å². The number of hydrogen-bond acceptors (Lipinski definition) is 3. The molecular formula is C19H16ClF3N2O2. The zero-order valence-corrected chi connectivity index (χ0v) is 14.8. The first-order valence-corrected chi connectivity index (χ1v) is 8.41. The summed E-state index contributed by atoms with van der Waals surface area (Å²) in [6.07, 6.45) is -2.30. The Bertz CT molecular complexity index is 952. The van der Waals surface area contributed by atoms with Crippen molar-refractivity contribution in [2.24, 2.45) is 5.73 Å². The topological polar surface area (TPSA) is 57.2 Å². The molecule has 0 fully saturated rings. The van der Waals surface area contributed by atoms with Gasteiger partial charge in [-0.3, -0.25) is 0 Å². The summed E-state index contributed by atoms with van der Waals surface area (Å²) in [4.78, 5) is 11.5. The van der Waals surface area contributed by atoms with Gasteiger partial charge in [-0.15, -0.1) is 0 Å². The molecule has 8 heteroatoms. The minimum Gasteiger partial charge on any atom is -0.346 e. The van der Waals surface area contributed by atoms with E-state index in [9.17, 15) is 18.0 Å². The lowest BCUT2D eigenvalue weighted by molar-refractivity contribution is -0.137. The van der Waals surface area contributed by atoms with Crippen LogP contribution in [0.15, 0.2) is 54.7 Å². The SMILES string of the molecule is N[C@@H](Cc1cn(Cc2ccc(C(F)(F)F)cc2)c2ccccc12)C(=O)OCl. The van der Waals surface area contributed by atoms with Crippen molar-refractivity contribution in [2.75, 3.05) is 0 Å². The first-order chi connectivity index (χ1) is 12.8. The molecule has 0 radical (unpaired) electrons. The van der Waals surface area contributed by atoms with E-state index in [-0.39, 0.29) is 6.42 Å². The highest BCUT2D eigenvalue weighted by molar-refractivity contribution is 6.13. The Morgan fingerprint density at radius 3 is 2.44 bits per heavy atom. The third-order valence-corrected chi connectivity index (χ3v) is 4.48. The number of hydrogen-bond donors (Lipinski definition) is 1. The van der Waals surface area contributed by atoms with E-state index in [1.54, 1.807) is 0 Å². The minimum absolute atomic E-state index is 0.228. The predicted octanol–water partition coefficient (Wildman–Crippen LogP) is 4.28. The molecule has 1 atom stereocenters. The number of carbonyl (C=O) groups is 1. The van der Waals surface area contributed by atoms with Crippen LogP contribution >= 0.6 is 11.9 Å². The highest BCUT2D eigenvalue weighted by Crippen LogP contribution is 2.29. The van der Waals surface area contributed by atoms with Gasteiger partial charge in [0.1, 0.15) is 17.9 Å². The molecule has 142 valence electrons.